The Balaban J connectivity index is 1.91. The largest absolute Gasteiger partial charge is 0.469 e. The second-order valence-corrected chi connectivity index (χ2v) is 6.75. The number of aryl methyl sites for hydroxylation is 1. The van der Waals surface area contributed by atoms with Crippen LogP contribution in [0.3, 0.4) is 0 Å². The number of hydrogen-bond acceptors (Lipinski definition) is 5. The summed E-state index contributed by atoms with van der Waals surface area (Å²) in [6.07, 6.45) is 3.60. The highest BCUT2D eigenvalue weighted by atomic mass is 19.1. The summed E-state index contributed by atoms with van der Waals surface area (Å²) in [6.45, 7) is 0.971. The lowest BCUT2D eigenvalue weighted by atomic mass is 10.1. The molecule has 0 radical (unpaired) electrons. The molecule has 0 aliphatic carbocycles. The van der Waals surface area contributed by atoms with Crippen molar-refractivity contribution in [3.63, 3.8) is 0 Å². The Hall–Kier alpha value is -1.99. The van der Waals surface area contributed by atoms with E-state index in [9.17, 15) is 14.0 Å². The monoisotopic (exact) mass is 365 g/mol. The number of benzene rings is 1. The summed E-state index contributed by atoms with van der Waals surface area (Å²) in [4.78, 5) is 25.9. The highest BCUT2D eigenvalue weighted by Crippen LogP contribution is 2.24. The van der Waals surface area contributed by atoms with Crippen molar-refractivity contribution in [2.24, 2.45) is 5.73 Å². The molecule has 2 rings (SSSR count). The minimum Gasteiger partial charge on any atom is -0.469 e. The van der Waals surface area contributed by atoms with E-state index in [0.717, 1.165) is 31.2 Å². The van der Waals surface area contributed by atoms with Gasteiger partial charge in [0, 0.05) is 18.6 Å². The van der Waals surface area contributed by atoms with E-state index in [1.807, 2.05) is 7.05 Å². The van der Waals surface area contributed by atoms with E-state index in [2.05, 4.69) is 10.2 Å². The van der Waals surface area contributed by atoms with Gasteiger partial charge in [-0.15, -0.1) is 0 Å². The fourth-order valence-corrected chi connectivity index (χ4v) is 3.37. The van der Waals surface area contributed by atoms with Gasteiger partial charge >= 0.3 is 5.97 Å². The Bertz CT molecular complexity index is 638. The predicted molar refractivity (Wildman–Crippen MR) is 97.3 cm³/mol. The smallest absolute Gasteiger partial charge is 0.307 e. The number of nitrogens with one attached hydrogen (secondary N) is 1. The van der Waals surface area contributed by atoms with Gasteiger partial charge in [-0.1, -0.05) is 6.07 Å². The van der Waals surface area contributed by atoms with Crippen molar-refractivity contribution in [1.29, 1.82) is 0 Å². The van der Waals surface area contributed by atoms with Gasteiger partial charge < -0.3 is 15.8 Å². The Morgan fingerprint density at radius 1 is 1.35 bits per heavy atom. The maximum Gasteiger partial charge on any atom is 0.307 e. The van der Waals surface area contributed by atoms with E-state index in [-0.39, 0.29) is 23.6 Å². The molecule has 1 aliphatic rings. The van der Waals surface area contributed by atoms with Crippen molar-refractivity contribution in [1.82, 2.24) is 10.2 Å². The number of ether oxygens (including phenoxy) is 1. The number of likely N-dealkylation sites (N-methyl/N-ethyl adjacent to an activating group) is 1. The van der Waals surface area contributed by atoms with Gasteiger partial charge in [0.25, 0.3) is 5.91 Å². The molecule has 1 aliphatic heterocycles. The fraction of sp³-hybridized carbons (Fsp3) is 0.579. The van der Waals surface area contributed by atoms with E-state index in [1.54, 1.807) is 12.1 Å². The number of carbonyl (C=O) groups is 2. The van der Waals surface area contributed by atoms with Gasteiger partial charge in [0.15, 0.2) is 0 Å². The van der Waals surface area contributed by atoms with Crippen LogP contribution >= 0.6 is 0 Å². The molecule has 2 atom stereocenters. The highest BCUT2D eigenvalue weighted by molar-refractivity contribution is 5.94. The fourth-order valence-electron chi connectivity index (χ4n) is 3.37. The lowest BCUT2D eigenvalue weighted by Crippen LogP contribution is -2.41. The van der Waals surface area contributed by atoms with Crippen molar-refractivity contribution < 1.29 is 18.7 Å². The molecular formula is C19H28FN3O3. The second kappa shape index (κ2) is 9.64. The van der Waals surface area contributed by atoms with Gasteiger partial charge in [0.1, 0.15) is 5.82 Å². The summed E-state index contributed by atoms with van der Waals surface area (Å²) >= 11 is 0. The molecule has 26 heavy (non-hydrogen) atoms. The van der Waals surface area contributed by atoms with E-state index in [1.165, 1.54) is 13.2 Å². The standard InChI is InChI=1S/C19H28FN3O3/c1-23-14(11-18(24)26-2)6-7-15(23)12-22-19(25)16-10-13(4-3-9-21)5-8-17(16)20/h5,8,10,14-15H,3-4,6-7,9,11-12,21H2,1-2H3,(H,22,25)/t14-,15+/m1/s1. The van der Waals surface area contributed by atoms with Crippen molar-refractivity contribution in [2.75, 3.05) is 27.2 Å². The molecule has 0 aromatic heterocycles. The van der Waals surface area contributed by atoms with Crippen molar-refractivity contribution >= 4 is 11.9 Å². The van der Waals surface area contributed by atoms with Crippen LogP contribution in [0.15, 0.2) is 18.2 Å². The maximum absolute atomic E-state index is 14.0. The minimum absolute atomic E-state index is 0.0614. The molecule has 144 valence electrons. The van der Waals surface area contributed by atoms with Crippen LogP contribution in [0.5, 0.6) is 0 Å². The van der Waals surface area contributed by atoms with Gasteiger partial charge in [0.05, 0.1) is 19.1 Å². The number of esters is 1. The highest BCUT2D eigenvalue weighted by Gasteiger charge is 2.32. The van der Waals surface area contributed by atoms with E-state index in [4.69, 9.17) is 10.5 Å². The van der Waals surface area contributed by atoms with Crippen LogP contribution in [0, 0.1) is 5.82 Å². The molecule has 0 bridgehead atoms. The Morgan fingerprint density at radius 2 is 2.08 bits per heavy atom. The van der Waals surface area contributed by atoms with Crippen molar-refractivity contribution in [2.45, 2.75) is 44.2 Å². The van der Waals surface area contributed by atoms with E-state index < -0.39 is 11.7 Å². The first kappa shape index (κ1) is 20.3. The number of nitrogens with zero attached hydrogens (tertiary/aromatic N) is 1. The molecule has 6 nitrogen and oxygen atoms in total. The molecule has 1 aromatic carbocycles. The summed E-state index contributed by atoms with van der Waals surface area (Å²) < 4.78 is 18.7. The molecule has 1 fully saturated rings. The minimum atomic E-state index is -0.526. The summed E-state index contributed by atoms with van der Waals surface area (Å²) in [5.41, 5.74) is 6.46. The van der Waals surface area contributed by atoms with Gasteiger partial charge in [-0.05, 0) is 57.0 Å². The topological polar surface area (TPSA) is 84.7 Å². The Morgan fingerprint density at radius 3 is 2.77 bits per heavy atom. The lowest BCUT2D eigenvalue weighted by Gasteiger charge is -2.25. The van der Waals surface area contributed by atoms with Crippen LogP contribution in [0.1, 0.15) is 41.6 Å². The van der Waals surface area contributed by atoms with Gasteiger partial charge in [-0.25, -0.2) is 4.39 Å². The molecule has 1 saturated heterocycles. The zero-order chi connectivity index (χ0) is 19.1. The number of nitrogens with two attached hydrogens (primary N) is 1. The first-order valence-corrected chi connectivity index (χ1v) is 9.01. The van der Waals surface area contributed by atoms with Gasteiger partial charge in [-0.2, -0.15) is 0 Å². The maximum atomic E-state index is 14.0. The Labute approximate surface area is 153 Å². The zero-order valence-electron chi connectivity index (χ0n) is 15.5. The Kier molecular flexibility index (Phi) is 7.53. The third-order valence-corrected chi connectivity index (χ3v) is 5.06. The van der Waals surface area contributed by atoms with Crippen molar-refractivity contribution in [3.8, 4) is 0 Å². The number of rotatable bonds is 8. The quantitative estimate of drug-likeness (QED) is 0.682. The molecule has 7 heteroatoms. The molecule has 1 heterocycles. The van der Waals surface area contributed by atoms with Gasteiger partial charge in [0.2, 0.25) is 0 Å². The van der Waals surface area contributed by atoms with E-state index in [0.29, 0.717) is 19.5 Å². The van der Waals surface area contributed by atoms with Crippen LogP contribution < -0.4 is 11.1 Å². The second-order valence-electron chi connectivity index (χ2n) is 6.75. The van der Waals surface area contributed by atoms with Crippen LogP contribution in [0.25, 0.3) is 0 Å². The predicted octanol–water partition coefficient (Wildman–Crippen LogP) is 1.47. The first-order chi connectivity index (χ1) is 12.5. The number of hydrogen-bond donors (Lipinski definition) is 2. The normalized spacial score (nSPS) is 20.2. The SMILES string of the molecule is COC(=O)C[C@H]1CC[C@@H](CNC(=O)c2cc(CCCN)ccc2F)N1C. The van der Waals surface area contributed by atoms with Crippen LogP contribution in [0.4, 0.5) is 4.39 Å². The molecule has 3 N–H and O–H groups in total. The summed E-state index contributed by atoms with van der Waals surface area (Å²) in [6, 6.07) is 4.84. The lowest BCUT2D eigenvalue weighted by molar-refractivity contribution is -0.141. The van der Waals surface area contributed by atoms with Crippen molar-refractivity contribution in [3.05, 3.63) is 35.1 Å². The summed E-state index contributed by atoms with van der Waals surface area (Å²) in [7, 11) is 3.32. The number of halogens is 1. The third-order valence-electron chi connectivity index (χ3n) is 5.06. The third kappa shape index (κ3) is 5.25. The first-order valence-electron chi connectivity index (χ1n) is 9.01. The molecule has 1 aromatic rings. The average molecular weight is 365 g/mol. The number of amides is 1. The van der Waals surface area contributed by atoms with E-state index >= 15 is 0 Å². The summed E-state index contributed by atoms with van der Waals surface area (Å²) in [5, 5.41) is 2.82. The molecule has 1 amide bonds. The number of likely N-dealkylation sites (tertiary alicyclic amines) is 1. The van der Waals surface area contributed by atoms with Crippen LogP contribution in [-0.2, 0) is 16.0 Å². The van der Waals surface area contributed by atoms with Crippen LogP contribution in [-0.4, -0.2) is 56.1 Å². The molecule has 0 saturated carbocycles. The molecular weight excluding hydrogens is 337 g/mol. The molecule has 0 spiro atoms. The summed E-state index contributed by atoms with van der Waals surface area (Å²) in [5.74, 6) is -1.17. The molecule has 0 unspecified atom stereocenters. The van der Waals surface area contributed by atoms with Gasteiger partial charge in [-0.3, -0.25) is 14.5 Å². The van der Waals surface area contributed by atoms with Crippen LogP contribution in [0.2, 0.25) is 0 Å². The number of methoxy groups -OCH3 is 1. The number of carbonyl (C=O) groups excluding carboxylic acids is 2. The zero-order valence-corrected chi connectivity index (χ0v) is 15.5. The average Bonchev–Trinajstić information content (AvgIpc) is 2.98.